The van der Waals surface area contributed by atoms with E-state index in [2.05, 4.69) is 18.3 Å². The molecule has 1 heterocycles. The first-order valence-corrected chi connectivity index (χ1v) is 8.47. The molecular formula is C18H30N2O3. The van der Waals surface area contributed by atoms with Crippen molar-refractivity contribution >= 4 is 6.09 Å². The van der Waals surface area contributed by atoms with Gasteiger partial charge >= 0.3 is 6.09 Å². The van der Waals surface area contributed by atoms with Crippen molar-refractivity contribution < 1.29 is 13.9 Å². The number of carbonyl (C=O) groups excluding carboxylic acids is 1. The number of furan rings is 1. The van der Waals surface area contributed by atoms with Gasteiger partial charge in [-0.25, -0.2) is 4.79 Å². The molecule has 1 atom stereocenters. The Kier molecular flexibility index (Phi) is 5.40. The summed E-state index contributed by atoms with van der Waals surface area (Å²) >= 11 is 0. The van der Waals surface area contributed by atoms with E-state index in [0.717, 1.165) is 30.9 Å². The summed E-state index contributed by atoms with van der Waals surface area (Å²) in [6.07, 6.45) is 1.95. The summed E-state index contributed by atoms with van der Waals surface area (Å²) in [6, 6.07) is 2.62. The smallest absolute Gasteiger partial charge is 0.410 e. The lowest BCUT2D eigenvalue weighted by Gasteiger charge is -2.28. The summed E-state index contributed by atoms with van der Waals surface area (Å²) in [5, 5.41) is 3.47. The maximum atomic E-state index is 12.3. The lowest BCUT2D eigenvalue weighted by molar-refractivity contribution is 0.0235. The predicted molar refractivity (Wildman–Crippen MR) is 90.6 cm³/mol. The van der Waals surface area contributed by atoms with Crippen molar-refractivity contribution in [2.24, 2.45) is 0 Å². The number of hydrogen-bond donors (Lipinski definition) is 1. The Balaban J connectivity index is 1.85. The maximum Gasteiger partial charge on any atom is 0.410 e. The number of amides is 1. The zero-order valence-corrected chi connectivity index (χ0v) is 15.2. The Labute approximate surface area is 139 Å². The number of carbonyl (C=O) groups is 1. The lowest BCUT2D eigenvalue weighted by Crippen LogP contribution is -2.42. The van der Waals surface area contributed by atoms with E-state index in [-0.39, 0.29) is 12.1 Å². The van der Waals surface area contributed by atoms with Gasteiger partial charge in [0.05, 0.1) is 0 Å². The third-order valence-corrected chi connectivity index (χ3v) is 3.96. The largest absolute Gasteiger partial charge is 0.466 e. The molecule has 0 saturated heterocycles. The highest BCUT2D eigenvalue weighted by molar-refractivity contribution is 5.69. The van der Waals surface area contributed by atoms with E-state index in [1.54, 1.807) is 0 Å². The molecule has 0 aliphatic heterocycles. The van der Waals surface area contributed by atoms with Crippen LogP contribution in [-0.2, 0) is 4.74 Å². The van der Waals surface area contributed by atoms with Crippen molar-refractivity contribution in [2.75, 3.05) is 13.1 Å². The molecule has 5 heteroatoms. The maximum absolute atomic E-state index is 12.3. The normalized spacial score (nSPS) is 16.3. The Morgan fingerprint density at radius 3 is 2.57 bits per heavy atom. The molecule has 2 rings (SSSR count). The molecule has 23 heavy (non-hydrogen) atoms. The van der Waals surface area contributed by atoms with E-state index in [0.29, 0.717) is 12.6 Å². The second-order valence-corrected chi connectivity index (χ2v) is 7.45. The van der Waals surface area contributed by atoms with Crippen LogP contribution in [-0.4, -0.2) is 35.7 Å². The van der Waals surface area contributed by atoms with Gasteiger partial charge in [-0.15, -0.1) is 0 Å². The number of aryl methyl sites for hydroxylation is 2. The number of rotatable bonds is 6. The molecule has 1 aromatic heterocycles. The van der Waals surface area contributed by atoms with Gasteiger partial charge in [0.2, 0.25) is 0 Å². The summed E-state index contributed by atoms with van der Waals surface area (Å²) in [5.74, 6) is 1.88. The van der Waals surface area contributed by atoms with Crippen LogP contribution < -0.4 is 5.32 Å². The molecule has 130 valence electrons. The lowest BCUT2D eigenvalue weighted by atomic mass is 10.1. The fraction of sp³-hybridized carbons (Fsp3) is 0.722. The van der Waals surface area contributed by atoms with E-state index in [1.807, 2.05) is 39.5 Å². The average Bonchev–Trinajstić information content (AvgIpc) is 3.17. The minimum absolute atomic E-state index is 0.201. The van der Waals surface area contributed by atoms with Crippen LogP contribution in [0.1, 0.15) is 63.7 Å². The first kappa shape index (κ1) is 17.9. The van der Waals surface area contributed by atoms with Crippen molar-refractivity contribution in [3.8, 4) is 0 Å². The molecule has 0 bridgehead atoms. The van der Waals surface area contributed by atoms with Gasteiger partial charge in [0.25, 0.3) is 0 Å². The highest BCUT2D eigenvalue weighted by atomic mass is 16.6. The molecule has 1 aromatic rings. The standard InChI is InChI=1S/C18H30N2O3/c1-12-11-16(14(3)22-12)13(2)19-9-10-20(15-7-8-15)17(21)23-18(4,5)6/h11,13,15,19H,7-10H2,1-6H3. The van der Waals surface area contributed by atoms with Crippen molar-refractivity contribution in [2.45, 2.75) is 72.1 Å². The van der Waals surface area contributed by atoms with Crippen LogP contribution in [0, 0.1) is 13.8 Å². The van der Waals surface area contributed by atoms with Crippen LogP contribution in [0.3, 0.4) is 0 Å². The minimum atomic E-state index is -0.448. The topological polar surface area (TPSA) is 54.7 Å². The van der Waals surface area contributed by atoms with Gasteiger partial charge in [0.15, 0.2) is 0 Å². The third-order valence-electron chi connectivity index (χ3n) is 3.96. The van der Waals surface area contributed by atoms with E-state index in [4.69, 9.17) is 9.15 Å². The van der Waals surface area contributed by atoms with Crippen LogP contribution in [0.4, 0.5) is 4.79 Å². The Bertz CT molecular complexity index is 541. The van der Waals surface area contributed by atoms with E-state index < -0.39 is 5.60 Å². The van der Waals surface area contributed by atoms with Gasteiger partial charge in [-0.1, -0.05) is 0 Å². The van der Waals surface area contributed by atoms with Crippen molar-refractivity contribution in [1.29, 1.82) is 0 Å². The zero-order valence-electron chi connectivity index (χ0n) is 15.2. The Morgan fingerprint density at radius 2 is 2.09 bits per heavy atom. The van der Waals surface area contributed by atoms with E-state index in [1.165, 1.54) is 5.56 Å². The number of hydrogen-bond acceptors (Lipinski definition) is 4. The van der Waals surface area contributed by atoms with Crippen molar-refractivity contribution in [3.63, 3.8) is 0 Å². The molecule has 5 nitrogen and oxygen atoms in total. The molecule has 1 amide bonds. The van der Waals surface area contributed by atoms with E-state index in [9.17, 15) is 4.79 Å². The van der Waals surface area contributed by atoms with Gasteiger partial charge in [-0.2, -0.15) is 0 Å². The van der Waals surface area contributed by atoms with Crippen LogP contribution in [0.5, 0.6) is 0 Å². The zero-order chi connectivity index (χ0) is 17.2. The average molecular weight is 322 g/mol. The Morgan fingerprint density at radius 1 is 1.43 bits per heavy atom. The van der Waals surface area contributed by atoms with Crippen LogP contribution in [0.25, 0.3) is 0 Å². The third kappa shape index (κ3) is 5.27. The van der Waals surface area contributed by atoms with Crippen LogP contribution >= 0.6 is 0 Å². The van der Waals surface area contributed by atoms with Crippen molar-refractivity contribution in [3.05, 3.63) is 23.2 Å². The van der Waals surface area contributed by atoms with Crippen LogP contribution in [0.15, 0.2) is 10.5 Å². The second-order valence-electron chi connectivity index (χ2n) is 7.45. The second kappa shape index (κ2) is 6.95. The molecule has 1 fully saturated rings. The van der Waals surface area contributed by atoms with Crippen molar-refractivity contribution in [1.82, 2.24) is 10.2 Å². The minimum Gasteiger partial charge on any atom is -0.466 e. The predicted octanol–water partition coefficient (Wildman–Crippen LogP) is 3.95. The van der Waals surface area contributed by atoms with Gasteiger partial charge in [0, 0.05) is 30.7 Å². The van der Waals surface area contributed by atoms with Gasteiger partial charge in [-0.3, -0.25) is 0 Å². The molecule has 1 unspecified atom stereocenters. The van der Waals surface area contributed by atoms with Gasteiger partial charge in [0.1, 0.15) is 17.1 Å². The summed E-state index contributed by atoms with van der Waals surface area (Å²) in [7, 11) is 0. The fourth-order valence-electron chi connectivity index (χ4n) is 2.72. The number of nitrogens with zero attached hydrogens (tertiary/aromatic N) is 1. The van der Waals surface area contributed by atoms with Gasteiger partial charge < -0.3 is 19.4 Å². The Hall–Kier alpha value is -1.49. The molecule has 0 radical (unpaired) electrons. The van der Waals surface area contributed by atoms with Crippen LogP contribution in [0.2, 0.25) is 0 Å². The first-order chi connectivity index (χ1) is 10.7. The highest BCUT2D eigenvalue weighted by Crippen LogP contribution is 2.28. The molecular weight excluding hydrogens is 292 g/mol. The summed E-state index contributed by atoms with van der Waals surface area (Å²) < 4.78 is 11.1. The summed E-state index contributed by atoms with van der Waals surface area (Å²) in [5.41, 5.74) is 0.730. The SMILES string of the molecule is Cc1cc(C(C)NCCN(C(=O)OC(C)(C)C)C2CC2)c(C)o1. The molecule has 1 aliphatic rings. The highest BCUT2D eigenvalue weighted by Gasteiger charge is 2.34. The molecule has 1 aliphatic carbocycles. The molecule has 0 aromatic carbocycles. The summed E-state index contributed by atoms with van der Waals surface area (Å²) in [4.78, 5) is 14.2. The molecule has 1 saturated carbocycles. The number of nitrogens with one attached hydrogen (secondary N) is 1. The molecule has 1 N–H and O–H groups in total. The van der Waals surface area contributed by atoms with E-state index >= 15 is 0 Å². The molecule has 0 spiro atoms. The first-order valence-electron chi connectivity index (χ1n) is 8.47. The fourth-order valence-corrected chi connectivity index (χ4v) is 2.72. The van der Waals surface area contributed by atoms with Gasteiger partial charge in [-0.05, 0) is 60.5 Å². The summed E-state index contributed by atoms with van der Waals surface area (Å²) in [6.45, 7) is 13.2. The monoisotopic (exact) mass is 322 g/mol. The quantitative estimate of drug-likeness (QED) is 0.861. The number of ether oxygens (including phenoxy) is 1.